The highest BCUT2D eigenvalue weighted by Gasteiger charge is 2.30. The van der Waals surface area contributed by atoms with E-state index in [1.165, 1.54) is 0 Å². The Balaban J connectivity index is 1.92. The molecule has 0 bridgehead atoms. The van der Waals surface area contributed by atoms with Gasteiger partial charge in [-0.3, -0.25) is 9.59 Å². The number of amides is 1. The third-order valence-electron chi connectivity index (χ3n) is 4.23. The molecule has 21 heavy (non-hydrogen) atoms. The summed E-state index contributed by atoms with van der Waals surface area (Å²) in [6.45, 7) is 1.19. The number of carbonyl (C=O) groups is 2. The first-order valence-electron chi connectivity index (χ1n) is 7.41. The maximum absolute atomic E-state index is 11.3. The number of carboxylic acid groups (broad SMARTS) is 1. The Labute approximate surface area is 124 Å². The molecule has 0 aliphatic heterocycles. The van der Waals surface area contributed by atoms with Gasteiger partial charge in [-0.2, -0.15) is 0 Å². The van der Waals surface area contributed by atoms with E-state index < -0.39 is 11.9 Å². The molecule has 5 nitrogen and oxygen atoms in total. The average Bonchev–Trinajstić information content (AvgIpc) is 2.48. The SMILES string of the molecule is NC(=O)c1ccccc1CNCC1CCCCC1C(=O)O. The molecule has 2 unspecified atom stereocenters. The van der Waals surface area contributed by atoms with Crippen LogP contribution in [0.5, 0.6) is 0 Å². The third-order valence-corrected chi connectivity index (χ3v) is 4.23. The molecule has 1 aliphatic carbocycles. The monoisotopic (exact) mass is 290 g/mol. The highest BCUT2D eigenvalue weighted by atomic mass is 16.4. The molecule has 114 valence electrons. The van der Waals surface area contributed by atoms with Gasteiger partial charge in [-0.05, 0) is 36.9 Å². The van der Waals surface area contributed by atoms with E-state index >= 15 is 0 Å². The summed E-state index contributed by atoms with van der Waals surface area (Å²) in [5, 5.41) is 12.5. The molecule has 2 atom stereocenters. The zero-order chi connectivity index (χ0) is 15.2. The van der Waals surface area contributed by atoms with E-state index in [9.17, 15) is 14.7 Å². The van der Waals surface area contributed by atoms with E-state index in [4.69, 9.17) is 5.73 Å². The predicted octanol–water partition coefficient (Wildman–Crippen LogP) is 1.77. The normalized spacial score (nSPS) is 21.9. The largest absolute Gasteiger partial charge is 0.481 e. The zero-order valence-electron chi connectivity index (χ0n) is 12.0. The molecule has 0 saturated heterocycles. The number of hydrogen-bond acceptors (Lipinski definition) is 3. The van der Waals surface area contributed by atoms with Gasteiger partial charge in [-0.25, -0.2) is 0 Å². The minimum Gasteiger partial charge on any atom is -0.481 e. The van der Waals surface area contributed by atoms with Crippen molar-refractivity contribution in [2.45, 2.75) is 32.2 Å². The second kappa shape index (κ2) is 7.22. The fourth-order valence-corrected chi connectivity index (χ4v) is 3.08. The number of benzene rings is 1. The Morgan fingerprint density at radius 2 is 1.95 bits per heavy atom. The molecule has 1 aliphatic rings. The zero-order valence-corrected chi connectivity index (χ0v) is 12.0. The van der Waals surface area contributed by atoms with Crippen LogP contribution in [0.2, 0.25) is 0 Å². The van der Waals surface area contributed by atoms with Crippen LogP contribution in [0.15, 0.2) is 24.3 Å². The summed E-state index contributed by atoms with van der Waals surface area (Å²) in [6, 6.07) is 7.22. The number of nitrogens with two attached hydrogens (primary N) is 1. The summed E-state index contributed by atoms with van der Waals surface area (Å²) in [5.74, 6) is -1.22. The van der Waals surface area contributed by atoms with Gasteiger partial charge in [0, 0.05) is 12.1 Å². The molecule has 1 saturated carbocycles. The summed E-state index contributed by atoms with van der Waals surface area (Å²) in [4.78, 5) is 22.6. The van der Waals surface area contributed by atoms with Crippen LogP contribution in [0.25, 0.3) is 0 Å². The molecular formula is C16H22N2O3. The lowest BCUT2D eigenvalue weighted by Crippen LogP contribution is -2.34. The number of hydrogen-bond donors (Lipinski definition) is 3. The van der Waals surface area contributed by atoms with Crippen molar-refractivity contribution >= 4 is 11.9 Å². The van der Waals surface area contributed by atoms with Gasteiger partial charge in [0.15, 0.2) is 0 Å². The molecular weight excluding hydrogens is 268 g/mol. The lowest BCUT2D eigenvalue weighted by Gasteiger charge is -2.28. The molecule has 0 radical (unpaired) electrons. The molecule has 1 aromatic rings. The van der Waals surface area contributed by atoms with E-state index in [2.05, 4.69) is 5.32 Å². The summed E-state index contributed by atoms with van der Waals surface area (Å²) < 4.78 is 0. The Morgan fingerprint density at radius 3 is 2.67 bits per heavy atom. The van der Waals surface area contributed by atoms with Crippen LogP contribution >= 0.6 is 0 Å². The van der Waals surface area contributed by atoms with Crippen molar-refractivity contribution in [3.8, 4) is 0 Å². The van der Waals surface area contributed by atoms with Crippen LogP contribution in [-0.4, -0.2) is 23.5 Å². The molecule has 5 heteroatoms. The summed E-state index contributed by atoms with van der Waals surface area (Å²) in [6.07, 6.45) is 3.80. The van der Waals surface area contributed by atoms with Crippen molar-refractivity contribution in [1.82, 2.24) is 5.32 Å². The number of rotatable bonds is 6. The fraction of sp³-hybridized carbons (Fsp3) is 0.500. The second-order valence-electron chi connectivity index (χ2n) is 5.64. The Bertz CT molecular complexity index is 516. The quantitative estimate of drug-likeness (QED) is 0.744. The predicted molar refractivity (Wildman–Crippen MR) is 79.8 cm³/mol. The van der Waals surface area contributed by atoms with Crippen molar-refractivity contribution < 1.29 is 14.7 Å². The van der Waals surface area contributed by atoms with Gasteiger partial charge >= 0.3 is 5.97 Å². The number of carbonyl (C=O) groups excluding carboxylic acids is 1. The number of primary amides is 1. The highest BCUT2D eigenvalue weighted by Crippen LogP contribution is 2.29. The van der Waals surface area contributed by atoms with E-state index in [1.807, 2.05) is 12.1 Å². The van der Waals surface area contributed by atoms with Crippen molar-refractivity contribution in [2.24, 2.45) is 17.6 Å². The maximum Gasteiger partial charge on any atom is 0.306 e. The topological polar surface area (TPSA) is 92.4 Å². The Kier molecular flexibility index (Phi) is 5.33. The number of aliphatic carboxylic acids is 1. The van der Waals surface area contributed by atoms with E-state index in [0.29, 0.717) is 18.7 Å². The van der Waals surface area contributed by atoms with E-state index in [1.54, 1.807) is 12.1 Å². The molecule has 0 heterocycles. The second-order valence-corrected chi connectivity index (χ2v) is 5.64. The molecule has 1 fully saturated rings. The standard InChI is InChI=1S/C16H22N2O3/c17-15(19)13-7-3-1-5-11(13)9-18-10-12-6-2-4-8-14(12)16(20)21/h1,3,5,7,12,14,18H,2,4,6,8-10H2,(H2,17,19)(H,20,21). The van der Waals surface area contributed by atoms with Gasteiger partial charge in [-0.15, -0.1) is 0 Å². The van der Waals surface area contributed by atoms with Gasteiger partial charge in [-0.1, -0.05) is 31.0 Å². The van der Waals surface area contributed by atoms with Crippen molar-refractivity contribution in [3.63, 3.8) is 0 Å². The summed E-state index contributed by atoms with van der Waals surface area (Å²) in [7, 11) is 0. The lowest BCUT2D eigenvalue weighted by atomic mass is 9.79. The Hall–Kier alpha value is -1.88. The first kappa shape index (κ1) is 15.5. The van der Waals surface area contributed by atoms with Crippen LogP contribution in [0, 0.1) is 11.8 Å². The van der Waals surface area contributed by atoms with Gasteiger partial charge < -0.3 is 16.2 Å². The first-order valence-corrected chi connectivity index (χ1v) is 7.41. The molecule has 1 amide bonds. The maximum atomic E-state index is 11.3. The smallest absolute Gasteiger partial charge is 0.306 e. The van der Waals surface area contributed by atoms with Gasteiger partial charge in [0.05, 0.1) is 5.92 Å². The number of nitrogens with one attached hydrogen (secondary N) is 1. The van der Waals surface area contributed by atoms with Crippen molar-refractivity contribution in [3.05, 3.63) is 35.4 Å². The van der Waals surface area contributed by atoms with Gasteiger partial charge in [0.25, 0.3) is 0 Å². The summed E-state index contributed by atoms with van der Waals surface area (Å²) >= 11 is 0. The van der Waals surface area contributed by atoms with E-state index in [-0.39, 0.29) is 11.8 Å². The van der Waals surface area contributed by atoms with Crippen molar-refractivity contribution in [2.75, 3.05) is 6.54 Å². The third kappa shape index (κ3) is 4.04. The lowest BCUT2D eigenvalue weighted by molar-refractivity contribution is -0.144. The van der Waals surface area contributed by atoms with Gasteiger partial charge in [0.2, 0.25) is 5.91 Å². The highest BCUT2D eigenvalue weighted by molar-refractivity contribution is 5.94. The van der Waals surface area contributed by atoms with Crippen LogP contribution in [0.4, 0.5) is 0 Å². The fourth-order valence-electron chi connectivity index (χ4n) is 3.08. The minimum atomic E-state index is -0.695. The molecule has 4 N–H and O–H groups in total. The van der Waals surface area contributed by atoms with Crippen molar-refractivity contribution in [1.29, 1.82) is 0 Å². The van der Waals surface area contributed by atoms with Crippen LogP contribution in [0.3, 0.4) is 0 Å². The summed E-state index contributed by atoms with van der Waals surface area (Å²) in [5.41, 5.74) is 6.72. The Morgan fingerprint density at radius 1 is 1.24 bits per heavy atom. The number of carboxylic acids is 1. The van der Waals surface area contributed by atoms with Crippen LogP contribution < -0.4 is 11.1 Å². The van der Waals surface area contributed by atoms with Crippen LogP contribution in [-0.2, 0) is 11.3 Å². The van der Waals surface area contributed by atoms with E-state index in [0.717, 1.165) is 31.2 Å². The van der Waals surface area contributed by atoms with Gasteiger partial charge in [0.1, 0.15) is 0 Å². The van der Waals surface area contributed by atoms with Crippen LogP contribution in [0.1, 0.15) is 41.6 Å². The minimum absolute atomic E-state index is 0.164. The molecule has 2 rings (SSSR count). The molecule has 0 spiro atoms. The molecule has 0 aromatic heterocycles. The first-order chi connectivity index (χ1) is 10.1. The average molecular weight is 290 g/mol. The molecule has 1 aromatic carbocycles.